The molecular weight excluding hydrogens is 236 g/mol. The molecule has 106 valence electrons. The average Bonchev–Trinajstić information content (AvgIpc) is 2.32. The van der Waals surface area contributed by atoms with Gasteiger partial charge in [-0.2, -0.15) is 0 Å². The van der Waals surface area contributed by atoms with Crippen molar-refractivity contribution in [1.82, 2.24) is 10.6 Å². The molecule has 3 heteroatoms. The van der Waals surface area contributed by atoms with Crippen LogP contribution in [0.1, 0.15) is 25.0 Å². The zero-order chi connectivity index (χ0) is 13.9. The van der Waals surface area contributed by atoms with Crippen LogP contribution < -0.4 is 15.4 Å². The lowest BCUT2D eigenvalue weighted by Gasteiger charge is -2.31. The highest BCUT2D eigenvalue weighted by atomic mass is 16.5. The van der Waals surface area contributed by atoms with Gasteiger partial charge in [-0.15, -0.1) is 0 Å². The molecule has 2 rings (SSSR count). The molecule has 0 bridgehead atoms. The van der Waals surface area contributed by atoms with Crippen LogP contribution in [0.3, 0.4) is 0 Å². The van der Waals surface area contributed by atoms with Crippen LogP contribution in [0, 0.1) is 12.8 Å². The van der Waals surface area contributed by atoms with Crippen LogP contribution in [0.4, 0.5) is 0 Å². The first-order valence-corrected chi connectivity index (χ1v) is 7.09. The lowest BCUT2D eigenvalue weighted by atomic mass is 9.83. The van der Waals surface area contributed by atoms with Crippen LogP contribution in [0.2, 0.25) is 0 Å². The monoisotopic (exact) mass is 262 g/mol. The lowest BCUT2D eigenvalue weighted by molar-refractivity contribution is 0.319. The van der Waals surface area contributed by atoms with E-state index in [9.17, 15) is 0 Å². The summed E-state index contributed by atoms with van der Waals surface area (Å²) in [5.74, 6) is 1.78. The smallest absolute Gasteiger partial charge is 0.121 e. The van der Waals surface area contributed by atoms with E-state index in [1.807, 2.05) is 0 Å². The summed E-state index contributed by atoms with van der Waals surface area (Å²) in [7, 11) is 1.72. The predicted molar refractivity (Wildman–Crippen MR) is 80.0 cm³/mol. The van der Waals surface area contributed by atoms with E-state index in [-0.39, 0.29) is 5.41 Å². The van der Waals surface area contributed by atoms with E-state index in [2.05, 4.69) is 49.6 Å². The molecule has 1 aromatic rings. The summed E-state index contributed by atoms with van der Waals surface area (Å²) in [6.07, 6.45) is 0. The molecule has 0 amide bonds. The third-order valence-electron chi connectivity index (χ3n) is 4.04. The molecule has 1 aliphatic heterocycles. The van der Waals surface area contributed by atoms with E-state index in [4.69, 9.17) is 4.74 Å². The fourth-order valence-electron chi connectivity index (χ4n) is 2.48. The Kier molecular flexibility index (Phi) is 4.48. The minimum atomic E-state index is 0.147. The lowest BCUT2D eigenvalue weighted by Crippen LogP contribution is -2.48. The van der Waals surface area contributed by atoms with Crippen molar-refractivity contribution in [2.75, 3.05) is 33.3 Å². The minimum Gasteiger partial charge on any atom is -0.496 e. The van der Waals surface area contributed by atoms with E-state index >= 15 is 0 Å². The van der Waals surface area contributed by atoms with Gasteiger partial charge >= 0.3 is 0 Å². The van der Waals surface area contributed by atoms with Gasteiger partial charge in [-0.1, -0.05) is 26.0 Å². The molecular formula is C16H26N2O. The number of nitrogens with one attached hydrogen (secondary N) is 2. The van der Waals surface area contributed by atoms with Gasteiger partial charge in [-0.25, -0.2) is 0 Å². The van der Waals surface area contributed by atoms with Crippen LogP contribution in [-0.4, -0.2) is 33.3 Å². The fraction of sp³-hybridized carbons (Fsp3) is 0.625. The Balaban J connectivity index is 1.95. The second-order valence-electron chi connectivity index (χ2n) is 6.22. The van der Waals surface area contributed by atoms with Gasteiger partial charge in [0.05, 0.1) is 7.11 Å². The number of hydrogen-bond acceptors (Lipinski definition) is 3. The molecule has 1 saturated heterocycles. The van der Waals surface area contributed by atoms with Gasteiger partial charge in [0.15, 0.2) is 0 Å². The van der Waals surface area contributed by atoms with Crippen molar-refractivity contribution in [3.63, 3.8) is 0 Å². The second kappa shape index (κ2) is 5.93. The van der Waals surface area contributed by atoms with Crippen LogP contribution in [0.5, 0.6) is 5.75 Å². The third-order valence-corrected chi connectivity index (χ3v) is 4.04. The summed E-state index contributed by atoms with van der Waals surface area (Å²) in [5, 5.41) is 6.91. The molecule has 2 N–H and O–H groups in total. The Morgan fingerprint density at radius 1 is 1.37 bits per heavy atom. The molecule has 0 radical (unpaired) electrons. The van der Waals surface area contributed by atoms with E-state index in [0.29, 0.717) is 0 Å². The zero-order valence-electron chi connectivity index (χ0n) is 12.5. The summed E-state index contributed by atoms with van der Waals surface area (Å²) >= 11 is 0. The molecule has 0 atom stereocenters. The van der Waals surface area contributed by atoms with Crippen LogP contribution in [0.25, 0.3) is 0 Å². The molecule has 0 saturated carbocycles. The third kappa shape index (κ3) is 3.48. The van der Waals surface area contributed by atoms with E-state index < -0.39 is 0 Å². The maximum atomic E-state index is 5.32. The molecule has 1 aliphatic rings. The second-order valence-corrected chi connectivity index (χ2v) is 6.22. The summed E-state index contributed by atoms with van der Waals surface area (Å²) in [6.45, 7) is 11.1. The number of ether oxygens (including phenoxy) is 1. The topological polar surface area (TPSA) is 33.3 Å². The van der Waals surface area contributed by atoms with E-state index in [1.165, 1.54) is 11.1 Å². The molecule has 0 spiro atoms. The van der Waals surface area contributed by atoms with Gasteiger partial charge in [-0.3, -0.25) is 0 Å². The highest BCUT2D eigenvalue weighted by molar-refractivity contribution is 5.39. The quantitative estimate of drug-likeness (QED) is 0.823. The van der Waals surface area contributed by atoms with Gasteiger partial charge in [0.2, 0.25) is 0 Å². The first-order valence-electron chi connectivity index (χ1n) is 7.09. The van der Waals surface area contributed by atoms with Crippen LogP contribution in [-0.2, 0) is 5.41 Å². The van der Waals surface area contributed by atoms with Crippen molar-refractivity contribution >= 4 is 0 Å². The van der Waals surface area contributed by atoms with Crippen LogP contribution in [0.15, 0.2) is 18.2 Å². The molecule has 3 nitrogen and oxygen atoms in total. The summed E-state index contributed by atoms with van der Waals surface area (Å²) in [5.41, 5.74) is 2.72. The Bertz CT molecular complexity index is 425. The Labute approximate surface area is 116 Å². The summed E-state index contributed by atoms with van der Waals surface area (Å²) in [6, 6.07) is 6.49. The molecule has 0 unspecified atom stereocenters. The zero-order valence-corrected chi connectivity index (χ0v) is 12.5. The number of aryl methyl sites for hydroxylation is 1. The van der Waals surface area contributed by atoms with E-state index in [1.54, 1.807) is 7.11 Å². The first kappa shape index (κ1) is 14.4. The van der Waals surface area contributed by atoms with Crippen molar-refractivity contribution in [1.29, 1.82) is 0 Å². The summed E-state index contributed by atoms with van der Waals surface area (Å²) < 4.78 is 5.32. The molecule has 0 aliphatic carbocycles. The first-order chi connectivity index (χ1) is 9.03. The van der Waals surface area contributed by atoms with Crippen molar-refractivity contribution < 1.29 is 4.74 Å². The Morgan fingerprint density at radius 3 is 2.63 bits per heavy atom. The highest BCUT2D eigenvalue weighted by Gasteiger charge is 2.22. The van der Waals surface area contributed by atoms with Gasteiger partial charge in [0.1, 0.15) is 5.75 Å². The normalized spacial score (nSPS) is 16.2. The fourth-order valence-corrected chi connectivity index (χ4v) is 2.48. The molecule has 1 heterocycles. The van der Waals surface area contributed by atoms with Gasteiger partial charge in [-0.05, 0) is 30.0 Å². The maximum Gasteiger partial charge on any atom is 0.121 e. The molecule has 1 aromatic carbocycles. The minimum absolute atomic E-state index is 0.147. The van der Waals surface area contributed by atoms with Gasteiger partial charge in [0.25, 0.3) is 0 Å². The number of benzene rings is 1. The van der Waals surface area contributed by atoms with Gasteiger partial charge < -0.3 is 15.4 Å². The van der Waals surface area contributed by atoms with Crippen molar-refractivity contribution in [3.8, 4) is 5.75 Å². The SMILES string of the molecule is COc1ccc(C(C)(C)CNCC2CNC2)cc1C. The Morgan fingerprint density at radius 2 is 2.11 bits per heavy atom. The predicted octanol–water partition coefficient (Wildman–Crippen LogP) is 2.09. The number of rotatable bonds is 6. The molecule has 1 fully saturated rings. The summed E-state index contributed by atoms with van der Waals surface area (Å²) in [4.78, 5) is 0. The highest BCUT2D eigenvalue weighted by Crippen LogP contribution is 2.27. The van der Waals surface area contributed by atoms with Crippen molar-refractivity contribution in [2.24, 2.45) is 5.92 Å². The molecule has 19 heavy (non-hydrogen) atoms. The van der Waals surface area contributed by atoms with Gasteiger partial charge in [0, 0.05) is 31.6 Å². The average molecular weight is 262 g/mol. The van der Waals surface area contributed by atoms with Crippen molar-refractivity contribution in [3.05, 3.63) is 29.3 Å². The maximum absolute atomic E-state index is 5.32. The number of hydrogen-bond donors (Lipinski definition) is 2. The largest absolute Gasteiger partial charge is 0.496 e. The number of methoxy groups -OCH3 is 1. The molecule has 0 aromatic heterocycles. The van der Waals surface area contributed by atoms with Crippen molar-refractivity contribution in [2.45, 2.75) is 26.2 Å². The standard InChI is InChI=1S/C16H26N2O/c1-12-7-14(5-6-15(12)19-4)16(2,3)11-18-10-13-8-17-9-13/h5-7,13,17-18H,8-11H2,1-4H3. The Hall–Kier alpha value is -1.06. The van der Waals surface area contributed by atoms with Crippen LogP contribution >= 0.6 is 0 Å². The van der Waals surface area contributed by atoms with E-state index in [0.717, 1.165) is 37.8 Å².